The molecule has 0 spiro atoms. The van der Waals surface area contributed by atoms with Crippen LogP contribution in [0.3, 0.4) is 0 Å². The van der Waals surface area contributed by atoms with Crippen molar-refractivity contribution in [2.24, 2.45) is 0 Å². The maximum Gasteiger partial charge on any atom is 0.313 e. The Balaban J connectivity index is 1.75. The van der Waals surface area contributed by atoms with Crippen LogP contribution in [0.1, 0.15) is 5.56 Å². The average molecular weight is 320 g/mol. The van der Waals surface area contributed by atoms with Gasteiger partial charge in [-0.2, -0.15) is 0 Å². The molecule has 0 aliphatic rings. The van der Waals surface area contributed by atoms with Crippen LogP contribution in [-0.2, 0) is 6.61 Å². The molecule has 2 N–H and O–H groups in total. The molecule has 1 heterocycles. The summed E-state index contributed by atoms with van der Waals surface area (Å²) < 4.78 is 23.8. The lowest BCUT2D eigenvalue weighted by molar-refractivity contribution is 0.306. The van der Waals surface area contributed by atoms with E-state index < -0.39 is 0 Å². The molecule has 3 aromatic rings. The minimum absolute atomic E-state index is 0.000541. The first-order valence-electron chi connectivity index (χ1n) is 6.38. The largest absolute Gasteiger partial charge is 0.489 e. The molecule has 0 amide bonds. The van der Waals surface area contributed by atoms with Gasteiger partial charge in [-0.25, -0.2) is 4.39 Å². The van der Waals surface area contributed by atoms with Crippen molar-refractivity contribution < 1.29 is 13.5 Å². The van der Waals surface area contributed by atoms with Gasteiger partial charge < -0.3 is 14.9 Å². The molecule has 3 rings (SSSR count). The molecule has 5 nitrogen and oxygen atoms in total. The average Bonchev–Trinajstić information content (AvgIpc) is 2.93. The lowest BCUT2D eigenvalue weighted by Gasteiger charge is -2.08. The Morgan fingerprint density at radius 3 is 2.77 bits per heavy atom. The number of nitrogens with zero attached hydrogens (tertiary/aromatic N) is 2. The van der Waals surface area contributed by atoms with Crippen LogP contribution in [0.25, 0.3) is 11.5 Å². The fourth-order valence-corrected chi connectivity index (χ4v) is 2.09. The van der Waals surface area contributed by atoms with E-state index in [0.717, 1.165) is 0 Å². The second kappa shape index (κ2) is 6.03. The Bertz CT molecular complexity index is 807. The summed E-state index contributed by atoms with van der Waals surface area (Å²) in [6.07, 6.45) is 0. The fourth-order valence-electron chi connectivity index (χ4n) is 1.87. The zero-order valence-electron chi connectivity index (χ0n) is 11.3. The van der Waals surface area contributed by atoms with Gasteiger partial charge in [0.1, 0.15) is 18.2 Å². The molecule has 0 saturated heterocycles. The smallest absolute Gasteiger partial charge is 0.313 e. The quantitative estimate of drug-likeness (QED) is 0.793. The predicted octanol–water partition coefficient (Wildman–Crippen LogP) is 3.69. The van der Waals surface area contributed by atoms with Crippen LogP contribution < -0.4 is 10.5 Å². The van der Waals surface area contributed by atoms with Gasteiger partial charge in [-0.1, -0.05) is 28.8 Å². The lowest BCUT2D eigenvalue weighted by Crippen LogP contribution is -1.97. The van der Waals surface area contributed by atoms with Gasteiger partial charge in [0.05, 0.1) is 5.02 Å². The fraction of sp³-hybridized carbons (Fsp3) is 0.0667. The number of ether oxygens (including phenoxy) is 1. The van der Waals surface area contributed by atoms with Crippen molar-refractivity contribution in [2.45, 2.75) is 6.61 Å². The summed E-state index contributed by atoms with van der Waals surface area (Å²) in [7, 11) is 0. The van der Waals surface area contributed by atoms with Gasteiger partial charge in [0.2, 0.25) is 5.89 Å². The van der Waals surface area contributed by atoms with E-state index >= 15 is 0 Å². The minimum atomic E-state index is -0.385. The number of nitrogen functional groups attached to an aromatic ring is 1. The first-order valence-corrected chi connectivity index (χ1v) is 6.76. The highest BCUT2D eigenvalue weighted by Crippen LogP contribution is 2.25. The molecular weight excluding hydrogens is 309 g/mol. The van der Waals surface area contributed by atoms with Crippen molar-refractivity contribution in [3.8, 4) is 17.2 Å². The van der Waals surface area contributed by atoms with Gasteiger partial charge in [-0.05, 0) is 30.3 Å². The Labute approximate surface area is 130 Å². The molecule has 0 aliphatic heterocycles. The topological polar surface area (TPSA) is 74.2 Å². The van der Waals surface area contributed by atoms with Crippen molar-refractivity contribution in [3.05, 3.63) is 58.9 Å². The number of hydrogen-bond donors (Lipinski definition) is 1. The number of nitrogens with two attached hydrogens (primary N) is 1. The number of anilines is 1. The molecule has 0 unspecified atom stereocenters. The van der Waals surface area contributed by atoms with Crippen molar-refractivity contribution in [3.63, 3.8) is 0 Å². The standard InChI is InChI=1S/C15H11ClFN3O2/c16-13-7-11(17)5-4-10(13)8-21-12-3-1-2-9(6-12)14-19-20-15(18)22-14/h1-7H,8H2,(H2,18,20). The molecule has 0 aliphatic carbocycles. The van der Waals surface area contributed by atoms with Crippen LogP contribution in [0.15, 0.2) is 46.9 Å². The van der Waals surface area contributed by atoms with Crippen LogP contribution in [0.2, 0.25) is 5.02 Å². The van der Waals surface area contributed by atoms with E-state index in [4.69, 9.17) is 26.5 Å². The summed E-state index contributed by atoms with van der Waals surface area (Å²) in [5.41, 5.74) is 6.78. The normalized spacial score (nSPS) is 10.6. The minimum Gasteiger partial charge on any atom is -0.489 e. The number of rotatable bonds is 4. The Hall–Kier alpha value is -2.60. The van der Waals surface area contributed by atoms with E-state index in [0.29, 0.717) is 27.8 Å². The van der Waals surface area contributed by atoms with Crippen LogP contribution in [0, 0.1) is 5.82 Å². The predicted molar refractivity (Wildman–Crippen MR) is 79.9 cm³/mol. The highest BCUT2D eigenvalue weighted by atomic mass is 35.5. The van der Waals surface area contributed by atoms with Gasteiger partial charge in [-0.15, -0.1) is 5.10 Å². The summed E-state index contributed by atoms with van der Waals surface area (Å²) in [4.78, 5) is 0. The summed E-state index contributed by atoms with van der Waals surface area (Å²) in [6, 6.07) is 11.3. The number of benzene rings is 2. The third-order valence-electron chi connectivity index (χ3n) is 2.93. The van der Waals surface area contributed by atoms with Crippen LogP contribution in [-0.4, -0.2) is 10.2 Å². The van der Waals surface area contributed by atoms with Crippen LogP contribution in [0.4, 0.5) is 10.4 Å². The second-order valence-corrected chi connectivity index (χ2v) is 4.90. The zero-order chi connectivity index (χ0) is 15.5. The Morgan fingerprint density at radius 2 is 2.05 bits per heavy atom. The molecule has 1 aromatic heterocycles. The van der Waals surface area contributed by atoms with Crippen molar-refractivity contribution in [2.75, 3.05) is 5.73 Å². The van der Waals surface area contributed by atoms with Gasteiger partial charge in [0, 0.05) is 11.1 Å². The molecule has 0 bridgehead atoms. The molecule has 112 valence electrons. The van der Waals surface area contributed by atoms with E-state index in [2.05, 4.69) is 10.2 Å². The molecular formula is C15H11ClFN3O2. The summed E-state index contributed by atoms with van der Waals surface area (Å²) in [6.45, 7) is 0.217. The van der Waals surface area contributed by atoms with E-state index in [1.54, 1.807) is 30.3 Å². The maximum absolute atomic E-state index is 13.0. The summed E-state index contributed by atoms with van der Waals surface area (Å²) in [5, 5.41) is 7.73. The SMILES string of the molecule is Nc1nnc(-c2cccc(OCc3ccc(F)cc3Cl)c2)o1. The highest BCUT2D eigenvalue weighted by Gasteiger charge is 2.08. The van der Waals surface area contributed by atoms with E-state index in [-0.39, 0.29) is 18.4 Å². The van der Waals surface area contributed by atoms with Crippen molar-refractivity contribution >= 4 is 17.6 Å². The first-order chi connectivity index (χ1) is 10.6. The van der Waals surface area contributed by atoms with E-state index in [9.17, 15) is 4.39 Å². The zero-order valence-corrected chi connectivity index (χ0v) is 12.0. The Morgan fingerprint density at radius 1 is 1.18 bits per heavy atom. The number of hydrogen-bond acceptors (Lipinski definition) is 5. The molecule has 2 aromatic carbocycles. The maximum atomic E-state index is 13.0. The molecule has 22 heavy (non-hydrogen) atoms. The van der Waals surface area contributed by atoms with Crippen molar-refractivity contribution in [1.82, 2.24) is 10.2 Å². The van der Waals surface area contributed by atoms with E-state index in [1.165, 1.54) is 12.1 Å². The summed E-state index contributed by atoms with van der Waals surface area (Å²) in [5.74, 6) is 0.516. The number of halogens is 2. The first kappa shape index (κ1) is 14.3. The Kier molecular flexibility index (Phi) is 3.93. The second-order valence-electron chi connectivity index (χ2n) is 4.50. The number of aromatic nitrogens is 2. The monoisotopic (exact) mass is 319 g/mol. The van der Waals surface area contributed by atoms with Gasteiger partial charge in [0.25, 0.3) is 0 Å². The molecule has 0 saturated carbocycles. The van der Waals surface area contributed by atoms with Gasteiger partial charge in [0.15, 0.2) is 0 Å². The molecule has 0 fully saturated rings. The van der Waals surface area contributed by atoms with E-state index in [1.807, 2.05) is 0 Å². The third-order valence-corrected chi connectivity index (χ3v) is 3.28. The van der Waals surface area contributed by atoms with Gasteiger partial charge in [-0.3, -0.25) is 0 Å². The molecule has 0 atom stereocenters. The van der Waals surface area contributed by atoms with Gasteiger partial charge >= 0.3 is 6.01 Å². The summed E-state index contributed by atoms with van der Waals surface area (Å²) >= 11 is 5.96. The molecule has 7 heteroatoms. The lowest BCUT2D eigenvalue weighted by atomic mass is 10.2. The van der Waals surface area contributed by atoms with Crippen LogP contribution >= 0.6 is 11.6 Å². The third kappa shape index (κ3) is 3.17. The van der Waals surface area contributed by atoms with Crippen molar-refractivity contribution in [1.29, 1.82) is 0 Å². The highest BCUT2D eigenvalue weighted by molar-refractivity contribution is 6.31. The molecule has 0 radical (unpaired) electrons. The van der Waals surface area contributed by atoms with Crippen LogP contribution in [0.5, 0.6) is 5.75 Å².